The van der Waals surface area contributed by atoms with Crippen LogP contribution < -0.4 is 10.1 Å². The van der Waals surface area contributed by atoms with Crippen molar-refractivity contribution in [2.75, 3.05) is 34.4 Å². The molecule has 2 atom stereocenters. The lowest BCUT2D eigenvalue weighted by molar-refractivity contribution is 0.00523. The van der Waals surface area contributed by atoms with Crippen LogP contribution in [0, 0.1) is 0 Å². The number of nitrogens with one attached hydrogen (secondary N) is 1. The molecule has 0 spiro atoms. The maximum Gasteiger partial charge on any atom is 0.118 e. The first kappa shape index (κ1) is 14.3. The highest BCUT2D eigenvalue weighted by molar-refractivity contribution is 5.27. The van der Waals surface area contributed by atoms with Gasteiger partial charge in [-0.25, -0.2) is 0 Å². The molecule has 0 aromatic heterocycles. The van der Waals surface area contributed by atoms with Gasteiger partial charge >= 0.3 is 0 Å². The van der Waals surface area contributed by atoms with Crippen LogP contribution in [-0.4, -0.2) is 51.4 Å². The second kappa shape index (κ2) is 6.89. The van der Waals surface area contributed by atoms with E-state index in [1.807, 2.05) is 19.2 Å². The number of nitrogens with zero attached hydrogens (tertiary/aromatic N) is 1. The standard InChI is InChI=1S/C15H24N2O2/c1-16-14-8-9-19-11-15(14)17(2)10-12-4-6-13(18-3)7-5-12/h4-7,14-16H,8-11H2,1-3H3. The zero-order valence-electron chi connectivity index (χ0n) is 12.1. The molecule has 1 aliphatic heterocycles. The van der Waals surface area contributed by atoms with E-state index in [0.717, 1.165) is 31.9 Å². The summed E-state index contributed by atoms with van der Waals surface area (Å²) in [4.78, 5) is 2.36. The molecule has 1 aromatic rings. The van der Waals surface area contributed by atoms with Crippen LogP contribution in [0.15, 0.2) is 24.3 Å². The highest BCUT2D eigenvalue weighted by Crippen LogP contribution is 2.17. The van der Waals surface area contributed by atoms with E-state index in [-0.39, 0.29) is 0 Å². The second-order valence-corrected chi connectivity index (χ2v) is 5.09. The average Bonchev–Trinajstić information content (AvgIpc) is 2.48. The van der Waals surface area contributed by atoms with Gasteiger partial charge in [0.2, 0.25) is 0 Å². The van der Waals surface area contributed by atoms with Crippen molar-refractivity contribution in [2.24, 2.45) is 0 Å². The van der Waals surface area contributed by atoms with E-state index in [2.05, 4.69) is 29.4 Å². The van der Waals surface area contributed by atoms with Crippen molar-refractivity contribution >= 4 is 0 Å². The second-order valence-electron chi connectivity index (χ2n) is 5.09. The molecule has 2 rings (SSSR count). The van der Waals surface area contributed by atoms with Crippen LogP contribution in [0.3, 0.4) is 0 Å². The highest BCUT2D eigenvalue weighted by atomic mass is 16.5. The molecule has 1 fully saturated rings. The van der Waals surface area contributed by atoms with E-state index in [1.165, 1.54) is 5.56 Å². The lowest BCUT2D eigenvalue weighted by Crippen LogP contribution is -2.53. The van der Waals surface area contributed by atoms with E-state index in [0.29, 0.717) is 12.1 Å². The molecule has 0 radical (unpaired) electrons. The Morgan fingerprint density at radius 3 is 2.74 bits per heavy atom. The van der Waals surface area contributed by atoms with Crippen molar-refractivity contribution in [3.63, 3.8) is 0 Å². The van der Waals surface area contributed by atoms with Crippen molar-refractivity contribution in [1.29, 1.82) is 0 Å². The van der Waals surface area contributed by atoms with E-state index in [9.17, 15) is 0 Å². The molecule has 0 amide bonds. The normalized spacial score (nSPS) is 23.6. The van der Waals surface area contributed by atoms with Crippen LogP contribution >= 0.6 is 0 Å². The highest BCUT2D eigenvalue weighted by Gasteiger charge is 2.27. The molecule has 2 unspecified atom stereocenters. The third-order valence-electron chi connectivity index (χ3n) is 3.85. The fourth-order valence-corrected chi connectivity index (χ4v) is 2.63. The van der Waals surface area contributed by atoms with Gasteiger partial charge < -0.3 is 14.8 Å². The molecule has 106 valence electrons. The minimum atomic E-state index is 0.431. The Bertz CT molecular complexity index is 380. The van der Waals surface area contributed by atoms with Crippen LogP contribution in [0.2, 0.25) is 0 Å². The molecular weight excluding hydrogens is 240 g/mol. The first-order valence-corrected chi connectivity index (χ1v) is 6.82. The van der Waals surface area contributed by atoms with E-state index in [1.54, 1.807) is 7.11 Å². The fourth-order valence-electron chi connectivity index (χ4n) is 2.63. The summed E-state index contributed by atoms with van der Waals surface area (Å²) in [5.41, 5.74) is 1.30. The zero-order chi connectivity index (χ0) is 13.7. The Morgan fingerprint density at radius 1 is 1.37 bits per heavy atom. The molecule has 1 saturated heterocycles. The third-order valence-corrected chi connectivity index (χ3v) is 3.85. The first-order chi connectivity index (χ1) is 9.24. The van der Waals surface area contributed by atoms with Crippen molar-refractivity contribution in [3.05, 3.63) is 29.8 Å². The average molecular weight is 264 g/mol. The van der Waals surface area contributed by atoms with Gasteiger partial charge in [0.1, 0.15) is 5.75 Å². The van der Waals surface area contributed by atoms with Crippen LogP contribution in [-0.2, 0) is 11.3 Å². The van der Waals surface area contributed by atoms with Crippen LogP contribution in [0.5, 0.6) is 5.75 Å². The molecule has 1 aromatic carbocycles. The first-order valence-electron chi connectivity index (χ1n) is 6.82. The van der Waals surface area contributed by atoms with Crippen molar-refractivity contribution in [1.82, 2.24) is 10.2 Å². The molecule has 0 aliphatic carbocycles. The number of rotatable bonds is 5. The monoisotopic (exact) mass is 264 g/mol. The number of hydrogen-bond acceptors (Lipinski definition) is 4. The van der Waals surface area contributed by atoms with Gasteiger partial charge in [0.15, 0.2) is 0 Å². The van der Waals surface area contributed by atoms with Gasteiger partial charge in [-0.2, -0.15) is 0 Å². The van der Waals surface area contributed by atoms with E-state index < -0.39 is 0 Å². The van der Waals surface area contributed by atoms with Crippen molar-refractivity contribution in [2.45, 2.75) is 25.0 Å². The quantitative estimate of drug-likeness (QED) is 0.874. The maximum atomic E-state index is 5.61. The summed E-state index contributed by atoms with van der Waals surface area (Å²) in [5.74, 6) is 0.903. The zero-order valence-corrected chi connectivity index (χ0v) is 12.1. The SMILES string of the molecule is CNC1CCOCC1N(C)Cc1ccc(OC)cc1. The molecule has 1 heterocycles. The Hall–Kier alpha value is -1.10. The largest absolute Gasteiger partial charge is 0.497 e. The van der Waals surface area contributed by atoms with Crippen molar-refractivity contribution < 1.29 is 9.47 Å². The predicted octanol–water partition coefficient (Wildman–Crippen LogP) is 1.50. The lowest BCUT2D eigenvalue weighted by atomic mass is 10.0. The molecule has 4 heteroatoms. The van der Waals surface area contributed by atoms with E-state index in [4.69, 9.17) is 9.47 Å². The summed E-state index contributed by atoms with van der Waals surface area (Å²) in [5, 5.41) is 3.40. The van der Waals surface area contributed by atoms with Gasteiger partial charge in [0, 0.05) is 25.2 Å². The van der Waals surface area contributed by atoms with Gasteiger partial charge in [-0.3, -0.25) is 4.90 Å². The topological polar surface area (TPSA) is 33.7 Å². The van der Waals surface area contributed by atoms with Crippen LogP contribution in [0.25, 0.3) is 0 Å². The Labute approximate surface area is 115 Å². The maximum absolute atomic E-state index is 5.61. The third kappa shape index (κ3) is 3.69. The number of ether oxygens (including phenoxy) is 2. The molecule has 0 saturated carbocycles. The summed E-state index contributed by atoms with van der Waals surface area (Å²) >= 11 is 0. The molecule has 0 bridgehead atoms. The van der Waals surface area contributed by atoms with Crippen LogP contribution in [0.1, 0.15) is 12.0 Å². The molecule has 4 nitrogen and oxygen atoms in total. The van der Waals surface area contributed by atoms with Crippen LogP contribution in [0.4, 0.5) is 0 Å². The number of benzene rings is 1. The summed E-state index contributed by atoms with van der Waals surface area (Å²) < 4.78 is 10.8. The van der Waals surface area contributed by atoms with Gasteiger partial charge in [-0.15, -0.1) is 0 Å². The Balaban J connectivity index is 1.96. The van der Waals surface area contributed by atoms with Gasteiger partial charge in [-0.05, 0) is 38.2 Å². The van der Waals surface area contributed by atoms with Gasteiger partial charge in [0.25, 0.3) is 0 Å². The summed E-state index contributed by atoms with van der Waals surface area (Å²) in [7, 11) is 5.89. The van der Waals surface area contributed by atoms with Gasteiger partial charge in [-0.1, -0.05) is 12.1 Å². The number of methoxy groups -OCH3 is 1. The van der Waals surface area contributed by atoms with E-state index >= 15 is 0 Å². The van der Waals surface area contributed by atoms with Gasteiger partial charge in [0.05, 0.1) is 13.7 Å². The fraction of sp³-hybridized carbons (Fsp3) is 0.600. The molecular formula is C15H24N2O2. The Kier molecular flexibility index (Phi) is 5.19. The summed E-state index contributed by atoms with van der Waals surface area (Å²) in [6, 6.07) is 9.20. The molecule has 19 heavy (non-hydrogen) atoms. The number of likely N-dealkylation sites (N-methyl/N-ethyl adjacent to an activating group) is 2. The minimum Gasteiger partial charge on any atom is -0.497 e. The predicted molar refractivity (Wildman–Crippen MR) is 76.5 cm³/mol. The summed E-state index contributed by atoms with van der Waals surface area (Å²) in [6.07, 6.45) is 1.08. The lowest BCUT2D eigenvalue weighted by Gasteiger charge is -2.37. The molecule has 1 N–H and O–H groups in total. The summed E-state index contributed by atoms with van der Waals surface area (Å²) in [6.45, 7) is 2.59. The molecule has 1 aliphatic rings. The minimum absolute atomic E-state index is 0.431. The van der Waals surface area contributed by atoms with Crippen molar-refractivity contribution in [3.8, 4) is 5.75 Å². The Morgan fingerprint density at radius 2 is 2.11 bits per heavy atom. The number of hydrogen-bond donors (Lipinski definition) is 1. The smallest absolute Gasteiger partial charge is 0.118 e.